The van der Waals surface area contributed by atoms with Gasteiger partial charge in [-0.15, -0.1) is 0 Å². The first-order valence-electron chi connectivity index (χ1n) is 4.02. The molecule has 0 bridgehead atoms. The van der Waals surface area contributed by atoms with Crippen molar-refractivity contribution in [1.82, 2.24) is 9.97 Å². The Morgan fingerprint density at radius 2 is 2.00 bits per heavy atom. The molecule has 1 aromatic heterocycles. The Morgan fingerprint density at radius 1 is 1.21 bits per heavy atom. The number of nitrogens with one attached hydrogen (secondary N) is 2. The number of aromatic nitrogens is 2. The molecular formula is C9H7BrN2O2. The van der Waals surface area contributed by atoms with Crippen LogP contribution < -0.4 is 11.2 Å². The first-order chi connectivity index (χ1) is 6.72. The summed E-state index contributed by atoms with van der Waals surface area (Å²) in [4.78, 5) is 27.2. The van der Waals surface area contributed by atoms with Gasteiger partial charge in [-0.2, -0.15) is 0 Å². The number of hydrogen-bond acceptors (Lipinski definition) is 2. The maximum absolute atomic E-state index is 11.5. The summed E-state index contributed by atoms with van der Waals surface area (Å²) in [6.07, 6.45) is 0. The molecule has 0 aliphatic carbocycles. The van der Waals surface area contributed by atoms with E-state index in [1.54, 1.807) is 12.1 Å². The molecule has 5 heteroatoms. The largest absolute Gasteiger partial charge is 0.326 e. The molecule has 0 spiro atoms. The number of H-pyrrole nitrogens is 2. The second-order valence-electron chi connectivity index (χ2n) is 2.88. The van der Waals surface area contributed by atoms with Gasteiger partial charge in [0.05, 0.1) is 10.9 Å². The lowest BCUT2D eigenvalue weighted by Crippen LogP contribution is -2.22. The van der Waals surface area contributed by atoms with E-state index in [1.807, 2.05) is 6.07 Å². The highest BCUT2D eigenvalue weighted by Gasteiger charge is 2.04. The molecule has 0 radical (unpaired) electrons. The number of fused-ring (bicyclic) bond motifs is 1. The van der Waals surface area contributed by atoms with Gasteiger partial charge in [-0.3, -0.25) is 9.78 Å². The van der Waals surface area contributed by atoms with Crippen LogP contribution in [-0.2, 0) is 5.33 Å². The zero-order valence-corrected chi connectivity index (χ0v) is 8.72. The van der Waals surface area contributed by atoms with Gasteiger partial charge in [-0.05, 0) is 11.6 Å². The van der Waals surface area contributed by atoms with Gasteiger partial charge in [0, 0.05) is 5.33 Å². The molecule has 0 unspecified atom stereocenters. The first-order valence-corrected chi connectivity index (χ1v) is 5.14. The maximum Gasteiger partial charge on any atom is 0.326 e. The lowest BCUT2D eigenvalue weighted by molar-refractivity contribution is 1.08. The summed E-state index contributed by atoms with van der Waals surface area (Å²) < 4.78 is 0. The molecule has 0 fully saturated rings. The molecule has 14 heavy (non-hydrogen) atoms. The fourth-order valence-corrected chi connectivity index (χ4v) is 1.87. The molecule has 0 amide bonds. The second-order valence-corrected chi connectivity index (χ2v) is 3.44. The summed E-state index contributed by atoms with van der Waals surface area (Å²) in [5, 5.41) is 1.11. The Labute approximate surface area is 87.1 Å². The Kier molecular flexibility index (Phi) is 2.25. The minimum absolute atomic E-state index is 0.348. The van der Waals surface area contributed by atoms with Crippen molar-refractivity contribution in [2.24, 2.45) is 0 Å². The normalized spacial score (nSPS) is 10.6. The summed E-state index contributed by atoms with van der Waals surface area (Å²) in [7, 11) is 0. The van der Waals surface area contributed by atoms with Crippen LogP contribution in [0.1, 0.15) is 5.56 Å². The Hall–Kier alpha value is -1.36. The molecule has 0 atom stereocenters. The molecule has 0 saturated heterocycles. The van der Waals surface area contributed by atoms with E-state index in [9.17, 15) is 9.59 Å². The summed E-state index contributed by atoms with van der Waals surface area (Å²) in [6.45, 7) is 0. The molecule has 4 nitrogen and oxygen atoms in total. The summed E-state index contributed by atoms with van der Waals surface area (Å²) in [5.41, 5.74) is 0.601. The highest BCUT2D eigenvalue weighted by molar-refractivity contribution is 9.08. The van der Waals surface area contributed by atoms with Crippen LogP contribution in [0, 0.1) is 0 Å². The quantitative estimate of drug-likeness (QED) is 0.749. The second kappa shape index (κ2) is 3.42. The number of halogens is 1. The zero-order chi connectivity index (χ0) is 10.1. The van der Waals surface area contributed by atoms with E-state index >= 15 is 0 Å². The van der Waals surface area contributed by atoms with Gasteiger partial charge in [0.1, 0.15) is 0 Å². The van der Waals surface area contributed by atoms with Crippen molar-refractivity contribution in [3.63, 3.8) is 0 Å². The number of hydrogen-bond donors (Lipinski definition) is 2. The van der Waals surface area contributed by atoms with Crippen LogP contribution in [0.2, 0.25) is 0 Å². The van der Waals surface area contributed by atoms with E-state index in [2.05, 4.69) is 25.9 Å². The van der Waals surface area contributed by atoms with Gasteiger partial charge in [0.25, 0.3) is 5.56 Å². The highest BCUT2D eigenvalue weighted by Crippen LogP contribution is 2.13. The first kappa shape index (κ1) is 9.21. The highest BCUT2D eigenvalue weighted by atomic mass is 79.9. The van der Waals surface area contributed by atoms with E-state index in [1.165, 1.54) is 0 Å². The number of alkyl halides is 1. The molecular weight excluding hydrogens is 248 g/mol. The van der Waals surface area contributed by atoms with E-state index in [0.29, 0.717) is 16.2 Å². The third-order valence-electron chi connectivity index (χ3n) is 2.00. The Morgan fingerprint density at radius 3 is 2.71 bits per heavy atom. The van der Waals surface area contributed by atoms with Crippen molar-refractivity contribution in [3.05, 3.63) is 44.6 Å². The van der Waals surface area contributed by atoms with Crippen LogP contribution >= 0.6 is 15.9 Å². The standard InChI is InChI=1S/C9H7BrN2O2/c10-4-5-2-1-3-6-7(5)8(13)12-9(14)11-6/h1-3H,4H2,(H2,11,12,13,14). The van der Waals surface area contributed by atoms with Gasteiger partial charge >= 0.3 is 5.69 Å². The van der Waals surface area contributed by atoms with Crippen molar-refractivity contribution in [2.75, 3.05) is 0 Å². The molecule has 0 aliphatic rings. The Bertz CT molecular complexity index is 585. The average molecular weight is 255 g/mol. The third-order valence-corrected chi connectivity index (χ3v) is 2.60. The molecule has 0 aliphatic heterocycles. The van der Waals surface area contributed by atoms with E-state index in [0.717, 1.165) is 5.56 Å². The van der Waals surface area contributed by atoms with Gasteiger partial charge < -0.3 is 4.98 Å². The van der Waals surface area contributed by atoms with Crippen LogP contribution in [0.4, 0.5) is 0 Å². The predicted octanol–water partition coefficient (Wildman–Crippen LogP) is 1.11. The fraction of sp³-hybridized carbons (Fsp3) is 0.111. The molecule has 2 aromatic rings. The lowest BCUT2D eigenvalue weighted by Gasteiger charge is -2.00. The van der Waals surface area contributed by atoms with E-state index in [-0.39, 0.29) is 5.56 Å². The number of rotatable bonds is 1. The third kappa shape index (κ3) is 1.39. The molecule has 1 aromatic carbocycles. The van der Waals surface area contributed by atoms with Gasteiger partial charge in [0.15, 0.2) is 0 Å². The van der Waals surface area contributed by atoms with Gasteiger partial charge in [-0.25, -0.2) is 4.79 Å². The zero-order valence-electron chi connectivity index (χ0n) is 7.13. The average Bonchev–Trinajstić information content (AvgIpc) is 2.16. The monoisotopic (exact) mass is 254 g/mol. The van der Waals surface area contributed by atoms with Gasteiger partial charge in [-0.1, -0.05) is 28.1 Å². The van der Waals surface area contributed by atoms with Crippen molar-refractivity contribution in [3.8, 4) is 0 Å². The molecule has 2 N–H and O–H groups in total. The van der Waals surface area contributed by atoms with E-state index < -0.39 is 5.69 Å². The predicted molar refractivity (Wildman–Crippen MR) is 57.8 cm³/mol. The smallest absolute Gasteiger partial charge is 0.307 e. The topological polar surface area (TPSA) is 65.7 Å². The summed E-state index contributed by atoms with van der Waals surface area (Å²) >= 11 is 3.29. The molecule has 1 heterocycles. The minimum Gasteiger partial charge on any atom is -0.307 e. The summed E-state index contributed by atoms with van der Waals surface area (Å²) in [5.74, 6) is 0. The number of benzene rings is 1. The summed E-state index contributed by atoms with van der Waals surface area (Å²) in [6, 6.07) is 5.34. The van der Waals surface area contributed by atoms with Crippen LogP contribution in [-0.4, -0.2) is 9.97 Å². The molecule has 2 rings (SSSR count). The fourth-order valence-electron chi connectivity index (χ4n) is 1.40. The van der Waals surface area contributed by atoms with E-state index in [4.69, 9.17) is 0 Å². The van der Waals surface area contributed by atoms with Crippen LogP contribution in [0.25, 0.3) is 10.9 Å². The van der Waals surface area contributed by atoms with Crippen molar-refractivity contribution >= 4 is 26.8 Å². The van der Waals surface area contributed by atoms with Crippen molar-refractivity contribution < 1.29 is 0 Å². The van der Waals surface area contributed by atoms with Crippen molar-refractivity contribution in [1.29, 1.82) is 0 Å². The SMILES string of the molecule is O=c1[nH]c(=O)c2c(CBr)cccc2[nH]1. The van der Waals surface area contributed by atoms with Crippen LogP contribution in [0.15, 0.2) is 27.8 Å². The van der Waals surface area contributed by atoms with Crippen LogP contribution in [0.5, 0.6) is 0 Å². The Balaban J connectivity index is 3.02. The van der Waals surface area contributed by atoms with Crippen molar-refractivity contribution in [2.45, 2.75) is 5.33 Å². The lowest BCUT2D eigenvalue weighted by atomic mass is 10.1. The number of aromatic amines is 2. The van der Waals surface area contributed by atoms with Gasteiger partial charge in [0.2, 0.25) is 0 Å². The van der Waals surface area contributed by atoms with Crippen LogP contribution in [0.3, 0.4) is 0 Å². The minimum atomic E-state index is -0.478. The molecule has 0 saturated carbocycles. The molecule has 72 valence electrons. The maximum atomic E-state index is 11.5.